The first-order valence-corrected chi connectivity index (χ1v) is 17.2. The van der Waals surface area contributed by atoms with Crippen molar-refractivity contribution in [3.63, 3.8) is 0 Å². The molecule has 8 nitrogen and oxygen atoms in total. The molecule has 4 aliphatic rings. The molecular formula is C36H60O8. The van der Waals surface area contributed by atoms with Gasteiger partial charge in [0.25, 0.3) is 0 Å². The number of carbonyl (C=O) groups excluding carboxylic acids is 3. The molecule has 0 amide bonds. The summed E-state index contributed by atoms with van der Waals surface area (Å²) in [7, 11) is 0. The summed E-state index contributed by atoms with van der Waals surface area (Å²) in [5, 5.41) is 9.20. The molecule has 1 N–H and O–H groups in total. The Balaban J connectivity index is 1.47. The van der Waals surface area contributed by atoms with Crippen LogP contribution >= 0.6 is 0 Å². The second-order valence-corrected chi connectivity index (χ2v) is 16.9. The van der Waals surface area contributed by atoms with Gasteiger partial charge in [0.05, 0.1) is 29.5 Å². The zero-order valence-electron chi connectivity index (χ0n) is 29.0. The van der Waals surface area contributed by atoms with Gasteiger partial charge < -0.3 is 24.1 Å². The van der Waals surface area contributed by atoms with Crippen LogP contribution in [0.4, 0.5) is 0 Å². The number of carbonyl (C=O) groups is 3. The number of hydrogen-bond acceptors (Lipinski definition) is 8. The van der Waals surface area contributed by atoms with Crippen LogP contribution in [0.2, 0.25) is 0 Å². The van der Waals surface area contributed by atoms with Gasteiger partial charge in [0.1, 0.15) is 12.7 Å². The van der Waals surface area contributed by atoms with Gasteiger partial charge in [-0.05, 0) is 120 Å². The van der Waals surface area contributed by atoms with E-state index in [1.807, 2.05) is 20.8 Å². The van der Waals surface area contributed by atoms with Gasteiger partial charge in [-0.2, -0.15) is 0 Å². The summed E-state index contributed by atoms with van der Waals surface area (Å²) in [6.07, 6.45) is 7.39. The Bertz CT molecular complexity index is 1070. The summed E-state index contributed by atoms with van der Waals surface area (Å²) in [6, 6.07) is 0. The minimum absolute atomic E-state index is 0.0687. The fraction of sp³-hybridized carbons (Fsp3) is 0.917. The fourth-order valence-corrected chi connectivity index (χ4v) is 9.81. The Labute approximate surface area is 265 Å². The Hall–Kier alpha value is -1.67. The first-order valence-electron chi connectivity index (χ1n) is 17.2. The predicted octanol–water partition coefficient (Wildman–Crippen LogP) is 6.71. The number of esters is 3. The number of hydrogen-bond donors (Lipinski definition) is 1. The zero-order chi connectivity index (χ0) is 32.7. The third kappa shape index (κ3) is 6.45. The second-order valence-electron chi connectivity index (χ2n) is 16.9. The zero-order valence-corrected chi connectivity index (χ0v) is 29.0. The van der Waals surface area contributed by atoms with Crippen LogP contribution < -0.4 is 0 Å². The van der Waals surface area contributed by atoms with E-state index in [-0.39, 0.29) is 55.8 Å². The third-order valence-corrected chi connectivity index (χ3v) is 13.3. The van der Waals surface area contributed by atoms with Crippen molar-refractivity contribution >= 4 is 17.9 Å². The molecule has 0 aliphatic heterocycles. The van der Waals surface area contributed by atoms with Crippen molar-refractivity contribution in [3.05, 3.63) is 0 Å². The molecule has 8 heteroatoms. The molecule has 0 spiro atoms. The second kappa shape index (κ2) is 12.8. The molecule has 0 aromatic carbocycles. The van der Waals surface area contributed by atoms with Crippen molar-refractivity contribution in [2.24, 2.45) is 56.7 Å². The molecule has 4 fully saturated rings. The monoisotopic (exact) mass is 620 g/mol. The fourth-order valence-electron chi connectivity index (χ4n) is 9.81. The SMILES string of the molecule is CCC(C)(CC(C)(CC(C)(C)C(=O)OCCO)C(=O)OC1CC2CCC1(C)C2(C)C)C(=O)OCOCC1C2CCC(C2)C1C. The summed E-state index contributed by atoms with van der Waals surface area (Å²) < 4.78 is 23.3. The quantitative estimate of drug-likeness (QED) is 0.0932. The standard InChI is InChI=1S/C36H60O8/c1-10-34(7,30(39)43-22-41-19-27-23(2)24-11-12-25(27)17-24)21-35(8,20-32(3,4)29(38)42-16-15-37)31(40)44-28-18-26-13-14-36(28,9)33(26,5)6/h23-28,37H,10-22H2,1-9H3. The van der Waals surface area contributed by atoms with E-state index in [4.69, 9.17) is 18.9 Å². The first kappa shape index (κ1) is 35.2. The topological polar surface area (TPSA) is 108 Å². The van der Waals surface area contributed by atoms with Crippen molar-refractivity contribution < 1.29 is 38.4 Å². The van der Waals surface area contributed by atoms with Crippen LogP contribution in [0.5, 0.6) is 0 Å². The van der Waals surface area contributed by atoms with Gasteiger partial charge in [0.2, 0.25) is 0 Å². The van der Waals surface area contributed by atoms with Crippen LogP contribution in [-0.2, 0) is 33.3 Å². The van der Waals surface area contributed by atoms with Crippen molar-refractivity contribution in [1.82, 2.24) is 0 Å². The van der Waals surface area contributed by atoms with Gasteiger partial charge in [-0.25, -0.2) is 0 Å². The first-order chi connectivity index (χ1) is 20.4. The lowest BCUT2D eigenvalue weighted by Gasteiger charge is -2.43. The lowest BCUT2D eigenvalue weighted by Crippen LogP contribution is -2.47. The highest BCUT2D eigenvalue weighted by Crippen LogP contribution is 2.66. The van der Waals surface area contributed by atoms with Crippen LogP contribution in [0.25, 0.3) is 0 Å². The number of aliphatic hydroxyl groups is 1. The molecule has 4 rings (SSSR count). The van der Waals surface area contributed by atoms with Crippen LogP contribution in [0.15, 0.2) is 0 Å². The van der Waals surface area contributed by atoms with Crippen LogP contribution in [0.3, 0.4) is 0 Å². The maximum atomic E-state index is 14.3. The summed E-state index contributed by atoms with van der Waals surface area (Å²) in [5.74, 6) is 1.89. The number of fused-ring (bicyclic) bond motifs is 4. The van der Waals surface area contributed by atoms with Crippen LogP contribution in [-0.4, -0.2) is 55.7 Å². The van der Waals surface area contributed by atoms with E-state index in [0.29, 0.717) is 36.7 Å². The Morgan fingerprint density at radius 2 is 1.55 bits per heavy atom. The van der Waals surface area contributed by atoms with Gasteiger partial charge in [-0.15, -0.1) is 0 Å². The molecule has 0 aromatic rings. The van der Waals surface area contributed by atoms with Gasteiger partial charge in [-0.1, -0.05) is 34.6 Å². The highest BCUT2D eigenvalue weighted by molar-refractivity contribution is 5.82. The maximum absolute atomic E-state index is 14.3. The highest BCUT2D eigenvalue weighted by Gasteiger charge is 2.63. The van der Waals surface area contributed by atoms with E-state index < -0.39 is 28.2 Å². The largest absolute Gasteiger partial charge is 0.463 e. The molecule has 0 aromatic heterocycles. The molecule has 0 heterocycles. The summed E-state index contributed by atoms with van der Waals surface area (Å²) in [4.78, 5) is 41.0. The van der Waals surface area contributed by atoms with E-state index in [2.05, 4.69) is 27.7 Å². The molecule has 4 aliphatic carbocycles. The summed E-state index contributed by atoms with van der Waals surface area (Å²) in [5.41, 5.74) is -3.28. The molecule has 9 unspecified atom stereocenters. The number of ether oxygens (including phenoxy) is 4. The molecular weight excluding hydrogens is 560 g/mol. The lowest BCUT2D eigenvalue weighted by molar-refractivity contribution is -0.181. The predicted molar refractivity (Wildman–Crippen MR) is 167 cm³/mol. The summed E-state index contributed by atoms with van der Waals surface area (Å²) >= 11 is 0. The average molecular weight is 621 g/mol. The van der Waals surface area contributed by atoms with E-state index in [1.165, 1.54) is 19.3 Å². The van der Waals surface area contributed by atoms with Crippen LogP contribution in [0.1, 0.15) is 120 Å². The van der Waals surface area contributed by atoms with E-state index >= 15 is 0 Å². The number of aliphatic hydroxyl groups excluding tert-OH is 1. The Morgan fingerprint density at radius 3 is 2.09 bits per heavy atom. The van der Waals surface area contributed by atoms with E-state index in [9.17, 15) is 19.5 Å². The lowest BCUT2D eigenvalue weighted by atomic mass is 9.65. The Kier molecular flexibility index (Phi) is 10.3. The van der Waals surface area contributed by atoms with Crippen molar-refractivity contribution in [2.45, 2.75) is 126 Å². The number of rotatable bonds is 15. The van der Waals surface area contributed by atoms with Gasteiger partial charge in [-0.3, -0.25) is 14.4 Å². The minimum Gasteiger partial charge on any atom is -0.463 e. The van der Waals surface area contributed by atoms with Crippen molar-refractivity contribution in [2.75, 3.05) is 26.6 Å². The van der Waals surface area contributed by atoms with Crippen molar-refractivity contribution in [3.8, 4) is 0 Å². The molecule has 0 saturated heterocycles. The highest BCUT2D eigenvalue weighted by atomic mass is 16.7. The molecule has 4 bridgehead atoms. The average Bonchev–Trinajstić information content (AvgIpc) is 3.66. The summed E-state index contributed by atoms with van der Waals surface area (Å²) in [6.45, 7) is 18.3. The van der Waals surface area contributed by atoms with Gasteiger partial charge >= 0.3 is 17.9 Å². The Morgan fingerprint density at radius 1 is 0.864 bits per heavy atom. The van der Waals surface area contributed by atoms with E-state index in [1.54, 1.807) is 13.8 Å². The van der Waals surface area contributed by atoms with Crippen LogP contribution in [0, 0.1) is 56.7 Å². The smallest absolute Gasteiger partial charge is 0.313 e. The third-order valence-electron chi connectivity index (χ3n) is 13.3. The molecule has 9 atom stereocenters. The molecule has 4 saturated carbocycles. The normalized spacial score (nSPS) is 34.8. The van der Waals surface area contributed by atoms with Gasteiger partial charge in [0.15, 0.2) is 6.79 Å². The van der Waals surface area contributed by atoms with Crippen molar-refractivity contribution in [1.29, 1.82) is 0 Å². The van der Waals surface area contributed by atoms with E-state index in [0.717, 1.165) is 25.2 Å². The molecule has 252 valence electrons. The van der Waals surface area contributed by atoms with Gasteiger partial charge in [0, 0.05) is 5.41 Å². The maximum Gasteiger partial charge on any atom is 0.313 e. The molecule has 0 radical (unpaired) electrons. The minimum atomic E-state index is -1.17. The molecule has 44 heavy (non-hydrogen) atoms.